The predicted molar refractivity (Wildman–Crippen MR) is 100 cm³/mol. The summed E-state index contributed by atoms with van der Waals surface area (Å²) in [6, 6.07) is 9.38. The monoisotopic (exact) mass is 421 g/mol. The summed E-state index contributed by atoms with van der Waals surface area (Å²) in [5, 5.41) is 19.3. The van der Waals surface area contributed by atoms with Crippen molar-refractivity contribution in [1.29, 1.82) is 0 Å². The van der Waals surface area contributed by atoms with Crippen molar-refractivity contribution >= 4 is 22.0 Å². The standard InChI is InChI=1S/C18H20BrN3O4/c19-15-4-2-1-3-13(15)12-22-6-5-14(16(23)17(22)24)11-20-7-9-21(10-8-20)18(25)26/h1-6,23H,7-12H2,(H,25,26). The zero-order valence-corrected chi connectivity index (χ0v) is 15.7. The second-order valence-electron chi connectivity index (χ2n) is 6.26. The number of aromatic hydroxyl groups is 1. The molecule has 2 aromatic rings. The zero-order valence-electron chi connectivity index (χ0n) is 14.1. The molecule has 0 unspecified atom stereocenters. The minimum absolute atomic E-state index is 0.250. The van der Waals surface area contributed by atoms with E-state index < -0.39 is 11.7 Å². The van der Waals surface area contributed by atoms with Crippen molar-refractivity contribution in [1.82, 2.24) is 14.4 Å². The maximum absolute atomic E-state index is 12.5. The van der Waals surface area contributed by atoms with Crippen molar-refractivity contribution in [2.45, 2.75) is 13.1 Å². The number of aromatic nitrogens is 1. The number of piperazine rings is 1. The van der Waals surface area contributed by atoms with Crippen LogP contribution in [0.3, 0.4) is 0 Å². The summed E-state index contributed by atoms with van der Waals surface area (Å²) in [6.07, 6.45) is 0.770. The van der Waals surface area contributed by atoms with Gasteiger partial charge in [0.15, 0.2) is 5.75 Å². The summed E-state index contributed by atoms with van der Waals surface area (Å²) in [7, 11) is 0. The first-order chi connectivity index (χ1) is 12.5. The third-order valence-corrected chi connectivity index (χ3v) is 5.33. The summed E-state index contributed by atoms with van der Waals surface area (Å²) in [5.74, 6) is -0.250. The van der Waals surface area contributed by atoms with Gasteiger partial charge in [0, 0.05) is 49.0 Å². The molecule has 1 aliphatic rings. The van der Waals surface area contributed by atoms with Crippen LogP contribution < -0.4 is 5.56 Å². The molecule has 0 saturated carbocycles. The smallest absolute Gasteiger partial charge is 0.407 e. The summed E-state index contributed by atoms with van der Waals surface area (Å²) in [6.45, 7) is 2.79. The van der Waals surface area contributed by atoms with Gasteiger partial charge in [-0.05, 0) is 17.7 Å². The molecule has 1 fully saturated rings. The number of carbonyl (C=O) groups is 1. The molecule has 0 radical (unpaired) electrons. The van der Waals surface area contributed by atoms with E-state index in [0.717, 1.165) is 10.0 Å². The Morgan fingerprint density at radius 1 is 1.04 bits per heavy atom. The number of amides is 1. The summed E-state index contributed by atoms with van der Waals surface area (Å²) >= 11 is 3.46. The summed E-state index contributed by atoms with van der Waals surface area (Å²) in [5.41, 5.74) is 1.08. The van der Waals surface area contributed by atoms with E-state index in [-0.39, 0.29) is 5.75 Å². The van der Waals surface area contributed by atoms with Crippen molar-refractivity contribution in [3.05, 3.63) is 62.5 Å². The van der Waals surface area contributed by atoms with E-state index in [2.05, 4.69) is 15.9 Å². The molecule has 2 N–H and O–H groups in total. The molecule has 138 valence electrons. The van der Waals surface area contributed by atoms with Crippen LogP contribution in [0.25, 0.3) is 0 Å². The Kier molecular flexibility index (Phi) is 5.63. The fourth-order valence-electron chi connectivity index (χ4n) is 3.00. The molecule has 1 aromatic heterocycles. The van der Waals surface area contributed by atoms with Crippen molar-refractivity contribution < 1.29 is 15.0 Å². The third-order valence-electron chi connectivity index (χ3n) is 4.56. The highest BCUT2D eigenvalue weighted by atomic mass is 79.9. The van der Waals surface area contributed by atoms with E-state index >= 15 is 0 Å². The van der Waals surface area contributed by atoms with Crippen molar-refractivity contribution in [2.24, 2.45) is 0 Å². The van der Waals surface area contributed by atoms with Crippen LogP contribution in [0.4, 0.5) is 4.79 Å². The third kappa shape index (κ3) is 4.08. The predicted octanol–water partition coefficient (Wildman–Crippen LogP) is 2.16. The second kappa shape index (κ2) is 7.92. The largest absolute Gasteiger partial charge is 0.503 e. The summed E-state index contributed by atoms with van der Waals surface area (Å²) in [4.78, 5) is 26.8. The van der Waals surface area contributed by atoms with E-state index in [1.54, 1.807) is 12.3 Å². The molecule has 0 spiro atoms. The average molecular weight is 422 g/mol. The van der Waals surface area contributed by atoms with Gasteiger partial charge in [-0.1, -0.05) is 34.1 Å². The van der Waals surface area contributed by atoms with Crippen molar-refractivity contribution in [3.63, 3.8) is 0 Å². The molecule has 0 aliphatic carbocycles. The minimum Gasteiger partial charge on any atom is -0.503 e. The highest BCUT2D eigenvalue weighted by Crippen LogP contribution is 2.19. The van der Waals surface area contributed by atoms with Gasteiger partial charge >= 0.3 is 6.09 Å². The molecular formula is C18H20BrN3O4. The molecule has 2 heterocycles. The van der Waals surface area contributed by atoms with Gasteiger partial charge in [0.2, 0.25) is 0 Å². The number of benzene rings is 1. The number of rotatable bonds is 4. The maximum atomic E-state index is 12.5. The average Bonchev–Trinajstić information content (AvgIpc) is 2.63. The lowest BCUT2D eigenvalue weighted by Gasteiger charge is -2.33. The molecule has 0 atom stereocenters. The van der Waals surface area contributed by atoms with Gasteiger partial charge < -0.3 is 19.7 Å². The van der Waals surface area contributed by atoms with Crippen LogP contribution >= 0.6 is 15.9 Å². The highest BCUT2D eigenvalue weighted by Gasteiger charge is 2.21. The van der Waals surface area contributed by atoms with Gasteiger partial charge in [-0.3, -0.25) is 9.69 Å². The Labute approximate surface area is 159 Å². The van der Waals surface area contributed by atoms with Crippen molar-refractivity contribution in [3.8, 4) is 5.75 Å². The Balaban J connectivity index is 1.71. The van der Waals surface area contributed by atoms with Gasteiger partial charge in [-0.2, -0.15) is 0 Å². The van der Waals surface area contributed by atoms with Gasteiger partial charge in [-0.25, -0.2) is 4.79 Å². The number of halogens is 1. The maximum Gasteiger partial charge on any atom is 0.407 e. The molecule has 0 bridgehead atoms. The fraction of sp³-hybridized carbons (Fsp3) is 0.333. The lowest BCUT2D eigenvalue weighted by atomic mass is 10.2. The Morgan fingerprint density at radius 2 is 1.73 bits per heavy atom. The fourth-order valence-corrected chi connectivity index (χ4v) is 3.41. The number of nitrogens with zero attached hydrogens (tertiary/aromatic N) is 3. The van der Waals surface area contributed by atoms with Crippen LogP contribution in [0.1, 0.15) is 11.1 Å². The highest BCUT2D eigenvalue weighted by molar-refractivity contribution is 9.10. The number of carboxylic acid groups (broad SMARTS) is 1. The lowest BCUT2D eigenvalue weighted by molar-refractivity contribution is 0.102. The van der Waals surface area contributed by atoms with E-state index in [1.807, 2.05) is 29.2 Å². The van der Waals surface area contributed by atoms with Crippen molar-refractivity contribution in [2.75, 3.05) is 26.2 Å². The van der Waals surface area contributed by atoms with E-state index in [0.29, 0.717) is 44.8 Å². The summed E-state index contributed by atoms with van der Waals surface area (Å²) < 4.78 is 2.38. The quantitative estimate of drug-likeness (QED) is 0.789. The van der Waals surface area contributed by atoms with E-state index in [9.17, 15) is 14.7 Å². The molecular weight excluding hydrogens is 402 g/mol. The van der Waals surface area contributed by atoms with Crippen LogP contribution in [0.5, 0.6) is 5.75 Å². The first-order valence-electron chi connectivity index (χ1n) is 8.30. The lowest BCUT2D eigenvalue weighted by Crippen LogP contribution is -2.47. The molecule has 26 heavy (non-hydrogen) atoms. The molecule has 1 saturated heterocycles. The first kappa shape index (κ1) is 18.5. The normalized spacial score (nSPS) is 15.2. The van der Waals surface area contributed by atoms with E-state index in [1.165, 1.54) is 9.47 Å². The van der Waals surface area contributed by atoms with E-state index in [4.69, 9.17) is 5.11 Å². The molecule has 1 aromatic carbocycles. The number of hydrogen-bond donors (Lipinski definition) is 2. The Hall–Kier alpha value is -2.32. The number of pyridine rings is 1. The van der Waals surface area contributed by atoms with Gasteiger partial charge in [0.05, 0.1) is 6.54 Å². The SMILES string of the molecule is O=C(O)N1CCN(Cc2ccn(Cc3ccccc3Br)c(=O)c2O)CC1. The molecule has 3 rings (SSSR count). The second-order valence-corrected chi connectivity index (χ2v) is 7.11. The Morgan fingerprint density at radius 3 is 2.38 bits per heavy atom. The van der Waals surface area contributed by atoms with Crippen LogP contribution in [0, 0.1) is 0 Å². The minimum atomic E-state index is -0.915. The zero-order chi connectivity index (χ0) is 18.7. The topological polar surface area (TPSA) is 86.0 Å². The molecule has 8 heteroatoms. The number of hydrogen-bond acceptors (Lipinski definition) is 4. The van der Waals surface area contributed by atoms with Gasteiger partial charge in [0.25, 0.3) is 5.56 Å². The van der Waals surface area contributed by atoms with Crippen LogP contribution in [-0.2, 0) is 13.1 Å². The van der Waals surface area contributed by atoms with Crippen LogP contribution in [-0.4, -0.2) is 56.9 Å². The molecule has 7 nitrogen and oxygen atoms in total. The van der Waals surface area contributed by atoms with Crippen LogP contribution in [0.2, 0.25) is 0 Å². The molecule has 1 aliphatic heterocycles. The first-order valence-corrected chi connectivity index (χ1v) is 9.10. The molecule has 1 amide bonds. The van der Waals surface area contributed by atoms with Gasteiger partial charge in [0.1, 0.15) is 0 Å². The Bertz CT molecular complexity index is 860. The van der Waals surface area contributed by atoms with Gasteiger partial charge in [-0.15, -0.1) is 0 Å². The van der Waals surface area contributed by atoms with Crippen LogP contribution in [0.15, 0.2) is 45.8 Å².